The maximum Gasteiger partial charge on any atom is 0.433 e. The predicted octanol–water partition coefficient (Wildman–Crippen LogP) is 5.00. The number of thiophene rings is 1. The number of anilines is 1. The molecule has 0 radical (unpaired) electrons. The zero-order valence-electron chi connectivity index (χ0n) is 20.2. The van der Waals surface area contributed by atoms with Crippen LogP contribution in [-0.4, -0.2) is 31.5 Å². The summed E-state index contributed by atoms with van der Waals surface area (Å²) in [4.78, 5) is 40.0. The molecule has 3 aromatic rings. The van der Waals surface area contributed by atoms with Crippen molar-refractivity contribution in [1.29, 1.82) is 0 Å². The van der Waals surface area contributed by atoms with Crippen molar-refractivity contribution < 1.29 is 27.7 Å². The number of nitrogens with zero attached hydrogens (tertiary/aromatic N) is 4. The van der Waals surface area contributed by atoms with E-state index in [0.29, 0.717) is 29.1 Å². The fourth-order valence-corrected chi connectivity index (χ4v) is 8.20. The molecule has 3 heterocycles. The van der Waals surface area contributed by atoms with E-state index in [9.17, 15) is 32.9 Å². The Labute approximate surface area is 217 Å². The van der Waals surface area contributed by atoms with Crippen LogP contribution >= 0.6 is 11.3 Å². The topological polar surface area (TPSA) is 146 Å². The number of amides is 2. The van der Waals surface area contributed by atoms with E-state index in [4.69, 9.17) is 5.73 Å². The van der Waals surface area contributed by atoms with Crippen LogP contribution in [0.3, 0.4) is 0 Å². The average Bonchev–Trinajstić information content (AvgIpc) is 3.41. The first-order valence-corrected chi connectivity index (χ1v) is 13.0. The molecular formula is C24H23F3N6O4S. The SMILES string of the molecule is Cc1cc(C(F)(F)F)nc2sc(C(N)=O)c(NC(=O)c3nn(C45CC6CC(CC(C6)C4)C5)cc3[N+](=O)[O-])c12. The van der Waals surface area contributed by atoms with Crippen molar-refractivity contribution in [3.8, 4) is 0 Å². The maximum absolute atomic E-state index is 13.4. The number of aromatic nitrogens is 3. The Balaban J connectivity index is 1.40. The highest BCUT2D eigenvalue weighted by Gasteiger charge is 2.53. The number of nitro groups is 1. The number of carbonyl (C=O) groups excluding carboxylic acids is 2. The summed E-state index contributed by atoms with van der Waals surface area (Å²) in [6.45, 7) is 1.39. The molecule has 38 heavy (non-hydrogen) atoms. The third-order valence-electron chi connectivity index (χ3n) is 8.21. The first-order valence-electron chi connectivity index (χ1n) is 12.2. The first kappa shape index (κ1) is 24.8. The van der Waals surface area contributed by atoms with Crippen LogP contribution in [0.1, 0.15) is 69.9 Å². The molecule has 4 bridgehead atoms. The van der Waals surface area contributed by atoms with Gasteiger partial charge in [0.1, 0.15) is 21.6 Å². The number of aryl methyl sites for hydroxylation is 1. The monoisotopic (exact) mass is 548 g/mol. The first-order chi connectivity index (χ1) is 17.8. The molecule has 4 aliphatic carbocycles. The molecule has 200 valence electrons. The molecule has 0 spiro atoms. The molecule has 4 aliphatic rings. The zero-order chi connectivity index (χ0) is 27.1. The van der Waals surface area contributed by atoms with E-state index in [1.54, 1.807) is 4.68 Å². The van der Waals surface area contributed by atoms with Gasteiger partial charge in [-0.05, 0) is 74.8 Å². The van der Waals surface area contributed by atoms with Crippen LogP contribution in [0.4, 0.5) is 24.5 Å². The minimum atomic E-state index is -4.72. The van der Waals surface area contributed by atoms with Crippen LogP contribution in [0.5, 0.6) is 0 Å². The van der Waals surface area contributed by atoms with Gasteiger partial charge in [0, 0.05) is 5.39 Å². The van der Waals surface area contributed by atoms with Gasteiger partial charge in [-0.3, -0.25) is 24.4 Å². The van der Waals surface area contributed by atoms with E-state index < -0.39 is 40.0 Å². The van der Waals surface area contributed by atoms with Crippen LogP contribution in [0, 0.1) is 34.8 Å². The quantitative estimate of drug-likeness (QED) is 0.339. The average molecular weight is 549 g/mol. The van der Waals surface area contributed by atoms with Crippen molar-refractivity contribution >= 4 is 44.7 Å². The molecule has 4 fully saturated rings. The smallest absolute Gasteiger partial charge is 0.365 e. The number of pyridine rings is 1. The summed E-state index contributed by atoms with van der Waals surface area (Å²) < 4.78 is 41.5. The van der Waals surface area contributed by atoms with Crippen LogP contribution in [0.15, 0.2) is 12.3 Å². The fourth-order valence-electron chi connectivity index (χ4n) is 7.14. The zero-order valence-corrected chi connectivity index (χ0v) is 21.0. The Morgan fingerprint density at radius 2 is 1.82 bits per heavy atom. The second-order valence-corrected chi connectivity index (χ2v) is 11.8. The number of hydrogen-bond donors (Lipinski definition) is 2. The minimum Gasteiger partial charge on any atom is -0.365 e. The van der Waals surface area contributed by atoms with E-state index in [1.165, 1.54) is 13.1 Å². The van der Waals surface area contributed by atoms with Gasteiger partial charge in [-0.1, -0.05) is 0 Å². The summed E-state index contributed by atoms with van der Waals surface area (Å²) in [7, 11) is 0. The standard InChI is InChI=1S/C24H23F3N6O4S/c1-10-2-15(24(25,26)27)29-22-16(10)18(19(38-22)20(28)34)30-21(35)17-14(33(36)37)9-32(31-17)23-6-11-3-12(7-23)5-13(4-11)8-23/h2,9,11-13H,3-8H2,1H3,(H2,28,34)(H,30,35). The van der Waals surface area contributed by atoms with Crippen molar-refractivity contribution in [2.75, 3.05) is 5.32 Å². The number of nitrogens with one attached hydrogen (secondary N) is 1. The molecule has 0 unspecified atom stereocenters. The molecule has 7 rings (SSSR count). The Bertz CT molecular complexity index is 1490. The van der Waals surface area contributed by atoms with Crippen LogP contribution in [-0.2, 0) is 11.7 Å². The lowest BCUT2D eigenvalue weighted by Gasteiger charge is -2.56. The highest BCUT2D eigenvalue weighted by molar-refractivity contribution is 7.21. The molecule has 0 aromatic carbocycles. The van der Waals surface area contributed by atoms with Gasteiger partial charge in [0.15, 0.2) is 0 Å². The second kappa shape index (κ2) is 8.22. The lowest BCUT2D eigenvalue weighted by Crippen LogP contribution is -2.52. The lowest BCUT2D eigenvalue weighted by molar-refractivity contribution is -0.385. The van der Waals surface area contributed by atoms with Crippen LogP contribution < -0.4 is 11.1 Å². The van der Waals surface area contributed by atoms with E-state index in [0.717, 1.165) is 44.6 Å². The van der Waals surface area contributed by atoms with Gasteiger partial charge < -0.3 is 11.1 Å². The second-order valence-electron chi connectivity index (χ2n) is 10.8. The van der Waals surface area contributed by atoms with E-state index in [1.807, 2.05) is 0 Å². The predicted molar refractivity (Wildman–Crippen MR) is 131 cm³/mol. The molecule has 3 aromatic heterocycles. The van der Waals surface area contributed by atoms with Crippen LogP contribution in [0.25, 0.3) is 10.2 Å². The number of halogens is 3. The van der Waals surface area contributed by atoms with Gasteiger partial charge in [0.05, 0.1) is 16.1 Å². The Morgan fingerprint density at radius 1 is 1.21 bits per heavy atom. The number of hydrogen-bond acceptors (Lipinski definition) is 7. The molecule has 0 atom stereocenters. The molecule has 2 amide bonds. The third-order valence-corrected chi connectivity index (χ3v) is 9.31. The summed E-state index contributed by atoms with van der Waals surface area (Å²) in [5.41, 5.74) is 2.99. The number of rotatable bonds is 5. The molecule has 0 saturated heterocycles. The molecule has 0 aliphatic heterocycles. The van der Waals surface area contributed by atoms with Gasteiger partial charge in [0.25, 0.3) is 11.8 Å². The van der Waals surface area contributed by atoms with Crippen molar-refractivity contribution in [3.63, 3.8) is 0 Å². The number of primary amides is 1. The van der Waals surface area contributed by atoms with Gasteiger partial charge in [-0.2, -0.15) is 18.3 Å². The summed E-state index contributed by atoms with van der Waals surface area (Å²) in [6.07, 6.45) is 2.61. The number of carbonyl (C=O) groups is 2. The van der Waals surface area contributed by atoms with E-state index in [2.05, 4.69) is 15.4 Å². The fraction of sp³-hybridized carbons (Fsp3) is 0.500. The Hall–Kier alpha value is -3.55. The van der Waals surface area contributed by atoms with Crippen LogP contribution in [0.2, 0.25) is 0 Å². The summed E-state index contributed by atoms with van der Waals surface area (Å²) in [6, 6.07) is 0.805. The minimum absolute atomic E-state index is 0.105. The van der Waals surface area contributed by atoms with Gasteiger partial charge in [0.2, 0.25) is 5.69 Å². The third kappa shape index (κ3) is 3.84. The molecule has 3 N–H and O–H groups in total. The van der Waals surface area contributed by atoms with Crippen molar-refractivity contribution in [2.24, 2.45) is 23.5 Å². The molecule has 14 heteroatoms. The lowest BCUT2D eigenvalue weighted by atomic mass is 9.53. The summed E-state index contributed by atoms with van der Waals surface area (Å²) >= 11 is 0.608. The highest BCUT2D eigenvalue weighted by atomic mass is 32.1. The Morgan fingerprint density at radius 3 is 2.34 bits per heavy atom. The maximum atomic E-state index is 13.4. The number of nitrogens with two attached hydrogens (primary N) is 1. The van der Waals surface area contributed by atoms with Crippen molar-refractivity contribution in [1.82, 2.24) is 14.8 Å². The van der Waals surface area contributed by atoms with E-state index in [-0.39, 0.29) is 31.9 Å². The van der Waals surface area contributed by atoms with Crippen molar-refractivity contribution in [2.45, 2.75) is 57.2 Å². The summed E-state index contributed by atoms with van der Waals surface area (Å²) in [5.74, 6) is -0.330. The van der Waals surface area contributed by atoms with Gasteiger partial charge in [-0.25, -0.2) is 4.98 Å². The normalized spacial score (nSPS) is 26.2. The molecule has 4 saturated carbocycles. The summed E-state index contributed by atoms with van der Waals surface area (Å²) in [5, 5.41) is 18.9. The largest absolute Gasteiger partial charge is 0.433 e. The van der Waals surface area contributed by atoms with Gasteiger partial charge >= 0.3 is 11.9 Å². The van der Waals surface area contributed by atoms with Crippen molar-refractivity contribution in [3.05, 3.63) is 44.2 Å². The van der Waals surface area contributed by atoms with E-state index >= 15 is 0 Å². The Kier molecular flexibility index (Phi) is 5.36. The number of alkyl halides is 3. The molecular weight excluding hydrogens is 525 g/mol. The van der Waals surface area contributed by atoms with Gasteiger partial charge in [-0.15, -0.1) is 11.3 Å². The highest BCUT2D eigenvalue weighted by Crippen LogP contribution is 2.58. The molecule has 10 nitrogen and oxygen atoms in total. The number of fused-ring (bicyclic) bond motifs is 1.